The first-order chi connectivity index (χ1) is 12.7. The van der Waals surface area contributed by atoms with Gasteiger partial charge in [0.15, 0.2) is 0 Å². The number of alkyl halides is 3. The van der Waals surface area contributed by atoms with Crippen molar-refractivity contribution in [3.05, 3.63) is 53.1 Å². The van der Waals surface area contributed by atoms with E-state index in [1.165, 1.54) is 7.11 Å². The molecule has 0 saturated carbocycles. The molecule has 0 fully saturated rings. The fraction of sp³-hybridized carbons (Fsp3) is 0.167. The molecule has 27 heavy (non-hydrogen) atoms. The summed E-state index contributed by atoms with van der Waals surface area (Å²) >= 11 is 0. The highest BCUT2D eigenvalue weighted by Crippen LogP contribution is 2.35. The third-order valence-electron chi connectivity index (χ3n) is 4.01. The van der Waals surface area contributed by atoms with E-state index in [4.69, 9.17) is 5.26 Å². The van der Waals surface area contributed by atoms with Gasteiger partial charge in [0.25, 0.3) is 0 Å². The second-order valence-electron chi connectivity index (χ2n) is 5.69. The van der Waals surface area contributed by atoms with Crippen molar-refractivity contribution in [3.8, 4) is 6.07 Å². The minimum atomic E-state index is -4.65. The van der Waals surface area contributed by atoms with Crippen LogP contribution in [-0.4, -0.2) is 30.1 Å². The van der Waals surface area contributed by atoms with Crippen LogP contribution in [0.2, 0.25) is 0 Å². The highest BCUT2D eigenvalue weighted by molar-refractivity contribution is 5.91. The van der Waals surface area contributed by atoms with Crippen molar-refractivity contribution in [2.24, 2.45) is 0 Å². The van der Waals surface area contributed by atoms with Gasteiger partial charge in [-0.05, 0) is 30.3 Å². The van der Waals surface area contributed by atoms with Gasteiger partial charge in [-0.1, -0.05) is 6.07 Å². The summed E-state index contributed by atoms with van der Waals surface area (Å²) in [4.78, 5) is 20.3. The van der Waals surface area contributed by atoms with E-state index < -0.39 is 23.3 Å². The van der Waals surface area contributed by atoms with Gasteiger partial charge in [0, 0.05) is 12.7 Å². The Hall–Kier alpha value is -3.54. The number of rotatable bonds is 3. The molecular weight excluding hydrogens is 361 g/mol. The molecule has 3 aromatic rings. The third-order valence-corrected chi connectivity index (χ3v) is 4.01. The second kappa shape index (κ2) is 6.64. The molecule has 0 bridgehead atoms. The number of methoxy groups -OCH3 is 1. The Morgan fingerprint density at radius 3 is 2.67 bits per heavy atom. The summed E-state index contributed by atoms with van der Waals surface area (Å²) in [5, 5.41) is 9.00. The standard InChI is InChI=1S/C18H13F3N4O2/c1-25(12-5-3-4-10(6-12)16(26)27-2)17-23-14-7-11(9-22)13(18(19,20)21)8-15(14)24-17/h3-8H,1-2H3,(H,23,24). The van der Waals surface area contributed by atoms with Gasteiger partial charge in [-0.2, -0.15) is 18.4 Å². The average molecular weight is 374 g/mol. The first-order valence-electron chi connectivity index (χ1n) is 7.67. The molecule has 2 aromatic carbocycles. The molecule has 9 heteroatoms. The molecule has 0 aliphatic heterocycles. The molecule has 3 rings (SSSR count). The van der Waals surface area contributed by atoms with Crippen molar-refractivity contribution in [3.63, 3.8) is 0 Å². The molecule has 0 aliphatic carbocycles. The maximum absolute atomic E-state index is 13.1. The number of nitriles is 1. The highest BCUT2D eigenvalue weighted by atomic mass is 19.4. The van der Waals surface area contributed by atoms with Crippen LogP contribution in [0, 0.1) is 11.3 Å². The number of imidazole rings is 1. The number of nitrogens with zero attached hydrogens (tertiary/aromatic N) is 3. The zero-order valence-electron chi connectivity index (χ0n) is 14.3. The zero-order valence-corrected chi connectivity index (χ0v) is 14.3. The highest BCUT2D eigenvalue weighted by Gasteiger charge is 2.34. The molecule has 1 N–H and O–H groups in total. The van der Waals surface area contributed by atoms with E-state index in [0.29, 0.717) is 11.3 Å². The number of aromatic amines is 1. The number of hydrogen-bond donors (Lipinski definition) is 1. The third kappa shape index (κ3) is 3.42. The van der Waals surface area contributed by atoms with Crippen molar-refractivity contribution in [2.45, 2.75) is 6.18 Å². The fourth-order valence-corrected chi connectivity index (χ4v) is 2.61. The van der Waals surface area contributed by atoms with E-state index in [9.17, 15) is 18.0 Å². The Labute approximate surface area is 151 Å². The van der Waals surface area contributed by atoms with Gasteiger partial charge < -0.3 is 14.6 Å². The minimum Gasteiger partial charge on any atom is -0.465 e. The molecule has 0 spiro atoms. The lowest BCUT2D eigenvalue weighted by Crippen LogP contribution is -2.12. The fourth-order valence-electron chi connectivity index (χ4n) is 2.61. The number of aromatic nitrogens is 2. The molecule has 0 saturated heterocycles. The Balaban J connectivity index is 2.05. The molecule has 6 nitrogen and oxygen atoms in total. The van der Waals surface area contributed by atoms with Crippen LogP contribution in [0.1, 0.15) is 21.5 Å². The molecule has 0 unspecified atom stereocenters. The largest absolute Gasteiger partial charge is 0.465 e. The van der Waals surface area contributed by atoms with E-state index >= 15 is 0 Å². The number of hydrogen-bond acceptors (Lipinski definition) is 5. The first-order valence-corrected chi connectivity index (χ1v) is 7.67. The monoisotopic (exact) mass is 374 g/mol. The van der Waals surface area contributed by atoms with Crippen LogP contribution < -0.4 is 4.90 Å². The Morgan fingerprint density at radius 2 is 2.04 bits per heavy atom. The number of carbonyl (C=O) groups is 1. The SMILES string of the molecule is COC(=O)c1cccc(N(C)c2nc3cc(C#N)c(C(F)(F)F)cc3[nH]2)c1. The van der Waals surface area contributed by atoms with Crippen LogP contribution in [0.5, 0.6) is 0 Å². The number of carbonyl (C=O) groups excluding carboxylic acids is 1. The van der Waals surface area contributed by atoms with Gasteiger partial charge in [0.2, 0.25) is 5.95 Å². The van der Waals surface area contributed by atoms with Gasteiger partial charge >= 0.3 is 12.1 Å². The molecule has 1 aromatic heterocycles. The predicted octanol–water partition coefficient (Wildman–Crippen LogP) is 4.01. The maximum atomic E-state index is 13.1. The van der Waals surface area contributed by atoms with E-state index in [1.807, 2.05) is 0 Å². The molecule has 0 aliphatic rings. The number of benzene rings is 2. The number of H-pyrrole nitrogens is 1. The van der Waals surface area contributed by atoms with E-state index in [-0.39, 0.29) is 17.0 Å². The lowest BCUT2D eigenvalue weighted by Gasteiger charge is -2.16. The Morgan fingerprint density at radius 1 is 1.30 bits per heavy atom. The maximum Gasteiger partial charge on any atom is 0.417 e. The van der Waals surface area contributed by atoms with Crippen LogP contribution in [0.4, 0.5) is 24.8 Å². The topological polar surface area (TPSA) is 82.0 Å². The quantitative estimate of drug-likeness (QED) is 0.701. The minimum absolute atomic E-state index is 0.146. The van der Waals surface area contributed by atoms with Crippen molar-refractivity contribution in [2.75, 3.05) is 19.1 Å². The number of anilines is 2. The summed E-state index contributed by atoms with van der Waals surface area (Å²) in [5.41, 5.74) is -0.248. The first kappa shape index (κ1) is 18.3. The Bertz CT molecular complexity index is 1070. The molecule has 1 heterocycles. The molecule has 138 valence electrons. The van der Waals surface area contributed by atoms with Gasteiger partial charge in [0.05, 0.1) is 40.9 Å². The number of ether oxygens (including phenoxy) is 1. The molecule has 0 atom stereocenters. The number of esters is 1. The summed E-state index contributed by atoms with van der Waals surface area (Å²) in [6.07, 6.45) is -4.65. The lowest BCUT2D eigenvalue weighted by atomic mass is 10.1. The van der Waals surface area contributed by atoms with Gasteiger partial charge in [-0.3, -0.25) is 0 Å². The zero-order chi connectivity index (χ0) is 19.8. The van der Waals surface area contributed by atoms with Crippen LogP contribution >= 0.6 is 0 Å². The lowest BCUT2D eigenvalue weighted by molar-refractivity contribution is -0.137. The summed E-state index contributed by atoms with van der Waals surface area (Å²) < 4.78 is 44.0. The normalized spacial score (nSPS) is 11.3. The Kier molecular flexibility index (Phi) is 4.49. The van der Waals surface area contributed by atoms with Crippen LogP contribution in [-0.2, 0) is 10.9 Å². The van der Waals surface area contributed by atoms with E-state index in [2.05, 4.69) is 14.7 Å². The number of nitrogens with one attached hydrogen (secondary N) is 1. The van der Waals surface area contributed by atoms with Crippen molar-refractivity contribution < 1.29 is 22.7 Å². The van der Waals surface area contributed by atoms with Gasteiger partial charge in [-0.15, -0.1) is 0 Å². The van der Waals surface area contributed by atoms with Crippen LogP contribution in [0.25, 0.3) is 11.0 Å². The summed E-state index contributed by atoms with van der Waals surface area (Å²) in [6.45, 7) is 0. The molecule has 0 amide bonds. The summed E-state index contributed by atoms with van der Waals surface area (Å²) in [6, 6.07) is 10.0. The number of halogens is 3. The smallest absolute Gasteiger partial charge is 0.417 e. The van der Waals surface area contributed by atoms with Crippen LogP contribution in [0.15, 0.2) is 36.4 Å². The van der Waals surface area contributed by atoms with Gasteiger partial charge in [0.1, 0.15) is 0 Å². The summed E-state index contributed by atoms with van der Waals surface area (Å²) in [7, 11) is 2.91. The van der Waals surface area contributed by atoms with Crippen molar-refractivity contribution >= 4 is 28.6 Å². The summed E-state index contributed by atoms with van der Waals surface area (Å²) in [5.74, 6) is -0.251. The number of fused-ring (bicyclic) bond motifs is 1. The van der Waals surface area contributed by atoms with E-state index in [0.717, 1.165) is 12.1 Å². The predicted molar refractivity (Wildman–Crippen MR) is 91.7 cm³/mol. The van der Waals surface area contributed by atoms with Crippen molar-refractivity contribution in [1.29, 1.82) is 5.26 Å². The molecular formula is C18H13F3N4O2. The van der Waals surface area contributed by atoms with E-state index in [1.54, 1.807) is 42.3 Å². The van der Waals surface area contributed by atoms with Crippen LogP contribution in [0.3, 0.4) is 0 Å². The second-order valence-corrected chi connectivity index (χ2v) is 5.69. The van der Waals surface area contributed by atoms with Crippen molar-refractivity contribution in [1.82, 2.24) is 9.97 Å². The average Bonchev–Trinajstić information content (AvgIpc) is 3.08. The molecule has 0 radical (unpaired) electrons. The van der Waals surface area contributed by atoms with Gasteiger partial charge in [-0.25, -0.2) is 9.78 Å².